The lowest BCUT2D eigenvalue weighted by Crippen LogP contribution is -2.42. The van der Waals surface area contributed by atoms with Gasteiger partial charge in [0, 0.05) is 31.4 Å². The predicted octanol–water partition coefficient (Wildman–Crippen LogP) is 4.30. The van der Waals surface area contributed by atoms with E-state index in [1.807, 2.05) is 31.3 Å². The number of nitrogens with one attached hydrogen (secondary N) is 1. The Labute approximate surface area is 178 Å². The zero-order valence-electron chi connectivity index (χ0n) is 15.5. The average molecular weight is 448 g/mol. The third-order valence-corrected chi connectivity index (χ3v) is 7.79. The monoisotopic (exact) mass is 447 g/mol. The Morgan fingerprint density at radius 2 is 1.69 bits per heavy atom. The van der Waals surface area contributed by atoms with Crippen molar-refractivity contribution >= 4 is 55.9 Å². The zero-order chi connectivity index (χ0) is 20.6. The van der Waals surface area contributed by atoms with Gasteiger partial charge < -0.3 is 9.80 Å². The van der Waals surface area contributed by atoms with E-state index in [0.717, 1.165) is 29.3 Å². The molecule has 1 aliphatic rings. The summed E-state index contributed by atoms with van der Waals surface area (Å²) in [4.78, 5) is 16.9. The van der Waals surface area contributed by atoms with Crippen molar-refractivity contribution in [2.24, 2.45) is 0 Å². The topological polar surface area (TPSA) is 69.7 Å². The molecular weight excluding hydrogens is 430 g/mol. The van der Waals surface area contributed by atoms with Crippen LogP contribution in [0.3, 0.4) is 0 Å². The number of nitrogens with zero attached hydrogens (tertiary/aromatic N) is 2. The molecule has 0 spiro atoms. The van der Waals surface area contributed by atoms with Gasteiger partial charge in [0.25, 0.3) is 15.9 Å². The number of para-hydroxylation sites is 2. The minimum Gasteiger partial charge on any atom is -0.371 e. The summed E-state index contributed by atoms with van der Waals surface area (Å²) in [6, 6.07) is 17.2. The van der Waals surface area contributed by atoms with E-state index in [-0.39, 0.29) is 10.1 Å². The molecule has 29 heavy (non-hydrogen) atoms. The molecule has 3 aromatic rings. The molecule has 4 rings (SSSR count). The molecule has 0 fully saturated rings. The highest BCUT2D eigenvalue weighted by molar-refractivity contribution is 7.94. The van der Waals surface area contributed by atoms with Crippen LogP contribution in [0.5, 0.6) is 0 Å². The van der Waals surface area contributed by atoms with Crippen molar-refractivity contribution in [3.63, 3.8) is 0 Å². The summed E-state index contributed by atoms with van der Waals surface area (Å²) in [6.45, 7) is 1.32. The van der Waals surface area contributed by atoms with Gasteiger partial charge in [-0.1, -0.05) is 23.7 Å². The third-order valence-electron chi connectivity index (χ3n) is 4.69. The molecule has 0 saturated carbocycles. The number of carbonyl (C=O) groups excluding carboxylic acids is 1. The van der Waals surface area contributed by atoms with Crippen LogP contribution in [-0.2, 0) is 10.0 Å². The van der Waals surface area contributed by atoms with E-state index in [0.29, 0.717) is 22.1 Å². The quantitative estimate of drug-likeness (QED) is 0.647. The highest BCUT2D eigenvalue weighted by atomic mass is 35.5. The number of fused-ring (bicyclic) bond motifs is 1. The SMILES string of the molecule is CN1CCN(C(=O)c2ccc(NS(=O)(=O)c3ccc(Cl)s3)cc2)c2ccccc21. The fourth-order valence-electron chi connectivity index (χ4n) is 3.20. The summed E-state index contributed by atoms with van der Waals surface area (Å²) >= 11 is 6.81. The fraction of sp³-hybridized carbons (Fsp3) is 0.150. The van der Waals surface area contributed by atoms with Crippen LogP contribution in [0.2, 0.25) is 4.34 Å². The number of benzene rings is 2. The summed E-state index contributed by atoms with van der Waals surface area (Å²) in [5, 5.41) is 0. The van der Waals surface area contributed by atoms with Crippen LogP contribution < -0.4 is 14.5 Å². The average Bonchev–Trinajstić information content (AvgIpc) is 3.16. The predicted molar refractivity (Wildman–Crippen MR) is 118 cm³/mol. The first-order valence-electron chi connectivity index (χ1n) is 8.85. The maximum atomic E-state index is 13.0. The lowest BCUT2D eigenvalue weighted by molar-refractivity contribution is 0.0987. The lowest BCUT2D eigenvalue weighted by atomic mass is 10.1. The van der Waals surface area contributed by atoms with Crippen LogP contribution in [-0.4, -0.2) is 34.5 Å². The number of likely N-dealkylation sites (N-methyl/N-ethyl adjacent to an activating group) is 1. The van der Waals surface area contributed by atoms with Crippen LogP contribution in [0.1, 0.15) is 10.4 Å². The van der Waals surface area contributed by atoms with Crippen LogP contribution in [0.25, 0.3) is 0 Å². The standard InChI is InChI=1S/C20H18ClN3O3S2/c1-23-12-13-24(17-5-3-2-4-16(17)23)20(25)14-6-8-15(9-7-14)22-29(26,27)19-11-10-18(21)28-19/h2-11,22H,12-13H2,1H3. The maximum Gasteiger partial charge on any atom is 0.271 e. The van der Waals surface area contributed by atoms with E-state index in [2.05, 4.69) is 9.62 Å². The first kappa shape index (κ1) is 19.8. The molecular formula is C20H18ClN3O3S2. The highest BCUT2D eigenvalue weighted by Crippen LogP contribution is 2.33. The van der Waals surface area contributed by atoms with Crippen molar-refractivity contribution < 1.29 is 13.2 Å². The molecule has 2 aromatic carbocycles. The van der Waals surface area contributed by atoms with Crippen LogP contribution >= 0.6 is 22.9 Å². The zero-order valence-corrected chi connectivity index (χ0v) is 17.9. The summed E-state index contributed by atoms with van der Waals surface area (Å²) in [5.74, 6) is -0.120. The van der Waals surface area contributed by atoms with Gasteiger partial charge >= 0.3 is 0 Å². The number of halogens is 1. The van der Waals surface area contributed by atoms with Crippen LogP contribution in [0.15, 0.2) is 64.9 Å². The number of rotatable bonds is 4. The molecule has 1 aliphatic heterocycles. The molecule has 6 nitrogen and oxygen atoms in total. The molecule has 0 saturated heterocycles. The Bertz CT molecular complexity index is 1160. The molecule has 150 valence electrons. The molecule has 0 aliphatic carbocycles. The second-order valence-electron chi connectivity index (χ2n) is 6.61. The van der Waals surface area contributed by atoms with Crippen LogP contribution in [0.4, 0.5) is 17.1 Å². The van der Waals surface area contributed by atoms with Crippen molar-refractivity contribution in [2.75, 3.05) is 34.7 Å². The molecule has 1 aromatic heterocycles. The van der Waals surface area contributed by atoms with Gasteiger partial charge in [-0.25, -0.2) is 8.42 Å². The molecule has 1 N–H and O–H groups in total. The minimum atomic E-state index is -3.71. The number of carbonyl (C=O) groups is 1. The molecule has 1 amide bonds. The van der Waals surface area contributed by atoms with Gasteiger partial charge in [-0.2, -0.15) is 0 Å². The van der Waals surface area contributed by atoms with E-state index < -0.39 is 10.0 Å². The molecule has 0 bridgehead atoms. The highest BCUT2D eigenvalue weighted by Gasteiger charge is 2.25. The Morgan fingerprint density at radius 1 is 1.00 bits per heavy atom. The largest absolute Gasteiger partial charge is 0.371 e. The molecule has 2 heterocycles. The molecule has 0 atom stereocenters. The van der Waals surface area contributed by atoms with E-state index in [4.69, 9.17) is 11.6 Å². The lowest BCUT2D eigenvalue weighted by Gasteiger charge is -2.35. The van der Waals surface area contributed by atoms with Gasteiger partial charge in [0.1, 0.15) is 4.21 Å². The Balaban J connectivity index is 1.54. The molecule has 0 radical (unpaired) electrons. The summed E-state index contributed by atoms with van der Waals surface area (Å²) in [5.41, 5.74) is 2.74. The number of hydrogen-bond acceptors (Lipinski definition) is 5. The maximum absolute atomic E-state index is 13.0. The number of thiophene rings is 1. The van der Waals surface area contributed by atoms with E-state index in [1.165, 1.54) is 12.1 Å². The van der Waals surface area contributed by atoms with Crippen molar-refractivity contribution in [3.8, 4) is 0 Å². The Hall–Kier alpha value is -2.55. The third kappa shape index (κ3) is 3.96. The summed E-state index contributed by atoms with van der Waals surface area (Å²) in [6.07, 6.45) is 0. The van der Waals surface area contributed by atoms with Crippen molar-refractivity contribution in [1.82, 2.24) is 0 Å². The van der Waals surface area contributed by atoms with E-state index >= 15 is 0 Å². The van der Waals surface area contributed by atoms with E-state index in [1.54, 1.807) is 29.2 Å². The second kappa shape index (κ2) is 7.70. The number of amides is 1. The Morgan fingerprint density at radius 3 is 2.34 bits per heavy atom. The minimum absolute atomic E-state index is 0.120. The first-order valence-corrected chi connectivity index (χ1v) is 11.5. The smallest absolute Gasteiger partial charge is 0.271 e. The Kier molecular flexibility index (Phi) is 5.24. The summed E-state index contributed by atoms with van der Waals surface area (Å²) in [7, 11) is -1.71. The second-order valence-corrected chi connectivity index (χ2v) is 10.2. The van der Waals surface area contributed by atoms with Crippen molar-refractivity contribution in [1.29, 1.82) is 0 Å². The number of hydrogen-bond donors (Lipinski definition) is 1. The molecule has 0 unspecified atom stereocenters. The summed E-state index contributed by atoms with van der Waals surface area (Å²) < 4.78 is 27.9. The number of sulfonamides is 1. The fourth-order valence-corrected chi connectivity index (χ4v) is 5.74. The van der Waals surface area contributed by atoms with Crippen molar-refractivity contribution in [3.05, 3.63) is 70.6 Å². The van der Waals surface area contributed by atoms with Crippen LogP contribution in [0, 0.1) is 0 Å². The normalized spacial score (nSPS) is 13.9. The molecule has 9 heteroatoms. The van der Waals surface area contributed by atoms with Crippen molar-refractivity contribution in [2.45, 2.75) is 4.21 Å². The van der Waals surface area contributed by atoms with Gasteiger partial charge in [0.05, 0.1) is 15.7 Å². The van der Waals surface area contributed by atoms with Gasteiger partial charge in [-0.15, -0.1) is 11.3 Å². The van der Waals surface area contributed by atoms with Gasteiger partial charge in [0.15, 0.2) is 0 Å². The van der Waals surface area contributed by atoms with Gasteiger partial charge in [-0.05, 0) is 48.5 Å². The van der Waals surface area contributed by atoms with Gasteiger partial charge in [0.2, 0.25) is 0 Å². The van der Waals surface area contributed by atoms with Gasteiger partial charge in [-0.3, -0.25) is 9.52 Å². The first-order chi connectivity index (χ1) is 13.8. The van der Waals surface area contributed by atoms with E-state index in [9.17, 15) is 13.2 Å². The number of anilines is 3.